The molecule has 4 rings (SSSR count). The average Bonchev–Trinajstić information content (AvgIpc) is 2.89. The summed E-state index contributed by atoms with van der Waals surface area (Å²) in [6.07, 6.45) is 2.95. The van der Waals surface area contributed by atoms with Gasteiger partial charge in [0.15, 0.2) is 0 Å². The average molecular weight is 557 g/mol. The van der Waals surface area contributed by atoms with E-state index in [0.29, 0.717) is 25.2 Å². The molecular formula is C37H48O4. The van der Waals surface area contributed by atoms with Crippen molar-refractivity contribution >= 4 is 5.97 Å². The Morgan fingerprint density at radius 2 is 1.39 bits per heavy atom. The normalized spacial score (nSPS) is 16.1. The van der Waals surface area contributed by atoms with Gasteiger partial charge in [-0.2, -0.15) is 0 Å². The molecule has 0 spiro atoms. The highest BCUT2D eigenvalue weighted by molar-refractivity contribution is 5.90. The fraction of sp³-hybridized carbons (Fsp3) is 0.486. The van der Waals surface area contributed by atoms with Crippen molar-refractivity contribution in [1.29, 1.82) is 0 Å². The zero-order valence-corrected chi connectivity index (χ0v) is 26.5. The summed E-state index contributed by atoms with van der Waals surface area (Å²) in [4.78, 5) is 12.2. The first-order chi connectivity index (χ1) is 19.0. The number of aliphatic hydroxyl groups is 1. The number of hydrogen-bond acceptors (Lipinski definition) is 4. The van der Waals surface area contributed by atoms with Crippen molar-refractivity contribution in [2.45, 2.75) is 98.0 Å². The van der Waals surface area contributed by atoms with Crippen molar-refractivity contribution < 1.29 is 19.4 Å². The molecule has 0 aliphatic heterocycles. The second-order valence-electron chi connectivity index (χ2n) is 14.5. The minimum absolute atomic E-state index is 0.0944. The van der Waals surface area contributed by atoms with E-state index < -0.39 is 5.60 Å². The number of benzene rings is 3. The van der Waals surface area contributed by atoms with Crippen LogP contribution in [0.4, 0.5) is 0 Å². The monoisotopic (exact) mass is 556 g/mol. The molecule has 0 radical (unpaired) electrons. The zero-order chi connectivity index (χ0) is 30.2. The van der Waals surface area contributed by atoms with Gasteiger partial charge in [-0.1, -0.05) is 77.9 Å². The van der Waals surface area contributed by atoms with Crippen LogP contribution in [0, 0.1) is 5.41 Å². The molecule has 3 aromatic carbocycles. The predicted octanol–water partition coefficient (Wildman–Crippen LogP) is 9.11. The van der Waals surface area contributed by atoms with Gasteiger partial charge in [0.1, 0.15) is 5.75 Å². The molecular weight excluding hydrogens is 508 g/mol. The molecule has 0 bridgehead atoms. The summed E-state index contributed by atoms with van der Waals surface area (Å²) in [7, 11) is 0. The SMILES string of the molecule is CCOC(=O)c1ccc(-c2ccc(OCC(C)(C)CC(C)(C)O)c(-c3ccc4c(c3)C(C)(C)CCC4(C)C)c2)cc1. The summed E-state index contributed by atoms with van der Waals surface area (Å²) < 4.78 is 11.7. The lowest BCUT2D eigenvalue weighted by atomic mass is 9.63. The summed E-state index contributed by atoms with van der Waals surface area (Å²) in [6.45, 7) is 20.0. The molecule has 0 aromatic heterocycles. The van der Waals surface area contributed by atoms with Gasteiger partial charge in [0.25, 0.3) is 0 Å². The molecule has 1 N–H and O–H groups in total. The zero-order valence-electron chi connectivity index (χ0n) is 26.5. The molecule has 0 amide bonds. The van der Waals surface area contributed by atoms with Gasteiger partial charge in [0.2, 0.25) is 0 Å². The van der Waals surface area contributed by atoms with Crippen LogP contribution in [-0.4, -0.2) is 29.9 Å². The molecule has 1 aliphatic rings. The maximum Gasteiger partial charge on any atom is 0.338 e. The number of carbonyl (C=O) groups is 1. The van der Waals surface area contributed by atoms with E-state index >= 15 is 0 Å². The fourth-order valence-electron chi connectivity index (χ4n) is 6.33. The number of ether oxygens (including phenoxy) is 2. The van der Waals surface area contributed by atoms with Crippen molar-refractivity contribution in [2.75, 3.05) is 13.2 Å². The van der Waals surface area contributed by atoms with E-state index in [9.17, 15) is 9.90 Å². The predicted molar refractivity (Wildman–Crippen MR) is 169 cm³/mol. The van der Waals surface area contributed by atoms with Crippen LogP contribution in [0.25, 0.3) is 22.3 Å². The highest BCUT2D eigenvalue weighted by Gasteiger charge is 2.37. The van der Waals surface area contributed by atoms with E-state index in [4.69, 9.17) is 9.47 Å². The Morgan fingerprint density at radius 3 is 2.00 bits per heavy atom. The van der Waals surface area contributed by atoms with Gasteiger partial charge in [-0.25, -0.2) is 4.79 Å². The van der Waals surface area contributed by atoms with Gasteiger partial charge < -0.3 is 14.6 Å². The third-order valence-corrected chi connectivity index (χ3v) is 8.40. The summed E-state index contributed by atoms with van der Waals surface area (Å²) >= 11 is 0. The molecule has 0 heterocycles. The summed E-state index contributed by atoms with van der Waals surface area (Å²) in [5, 5.41) is 10.4. The Balaban J connectivity index is 1.77. The van der Waals surface area contributed by atoms with Gasteiger partial charge in [0, 0.05) is 11.0 Å². The molecule has 0 fully saturated rings. The molecule has 41 heavy (non-hydrogen) atoms. The molecule has 4 heteroatoms. The van der Waals surface area contributed by atoms with Crippen molar-refractivity contribution in [1.82, 2.24) is 0 Å². The van der Waals surface area contributed by atoms with Crippen LogP contribution in [0.5, 0.6) is 5.75 Å². The maximum atomic E-state index is 12.2. The Morgan fingerprint density at radius 1 is 0.805 bits per heavy atom. The van der Waals surface area contributed by atoms with Crippen molar-refractivity contribution in [3.05, 3.63) is 77.4 Å². The third kappa shape index (κ3) is 7.22. The highest BCUT2D eigenvalue weighted by atomic mass is 16.5. The number of rotatable bonds is 9. The summed E-state index contributed by atoms with van der Waals surface area (Å²) in [5.41, 5.74) is 6.88. The lowest BCUT2D eigenvalue weighted by Gasteiger charge is -2.42. The van der Waals surface area contributed by atoms with Crippen LogP contribution in [0.2, 0.25) is 0 Å². The first kappa shape index (κ1) is 30.8. The number of esters is 1. The van der Waals surface area contributed by atoms with Crippen LogP contribution >= 0.6 is 0 Å². The van der Waals surface area contributed by atoms with E-state index in [1.54, 1.807) is 0 Å². The molecule has 220 valence electrons. The Hall–Kier alpha value is -3.11. The standard InChI is InChI=1S/C37H48O4/c1-10-40-33(38)26-13-11-25(12-14-26)27-16-18-32(41-24-34(2,3)23-37(8,9)39)29(21-27)28-15-17-30-31(22-28)36(6,7)20-19-35(30,4)5/h11-18,21-22,39H,10,19-20,23-24H2,1-9H3. The van der Waals surface area contributed by atoms with Crippen molar-refractivity contribution in [3.63, 3.8) is 0 Å². The van der Waals surface area contributed by atoms with Crippen LogP contribution in [0.1, 0.15) is 103 Å². The fourth-order valence-corrected chi connectivity index (χ4v) is 6.33. The molecule has 0 atom stereocenters. The van der Waals surface area contributed by atoms with E-state index in [1.165, 1.54) is 17.5 Å². The second kappa shape index (κ2) is 11.3. The summed E-state index contributed by atoms with van der Waals surface area (Å²) in [6, 6.07) is 20.8. The van der Waals surface area contributed by atoms with Crippen molar-refractivity contribution in [3.8, 4) is 28.0 Å². The lowest BCUT2D eigenvalue weighted by molar-refractivity contribution is 0.0160. The molecule has 4 nitrogen and oxygen atoms in total. The molecule has 0 unspecified atom stereocenters. The first-order valence-electron chi connectivity index (χ1n) is 14.9. The number of hydrogen-bond donors (Lipinski definition) is 1. The molecule has 0 saturated carbocycles. The smallest absolute Gasteiger partial charge is 0.338 e. The van der Waals surface area contributed by atoms with E-state index in [-0.39, 0.29) is 22.2 Å². The van der Waals surface area contributed by atoms with E-state index in [1.807, 2.05) is 45.0 Å². The van der Waals surface area contributed by atoms with E-state index in [2.05, 4.69) is 77.9 Å². The first-order valence-corrected chi connectivity index (χ1v) is 14.9. The molecule has 3 aromatic rings. The quantitative estimate of drug-likeness (QED) is 0.267. The minimum Gasteiger partial charge on any atom is -0.492 e. The number of carbonyl (C=O) groups excluding carboxylic acids is 1. The van der Waals surface area contributed by atoms with Gasteiger partial charge in [0.05, 0.1) is 24.4 Å². The largest absolute Gasteiger partial charge is 0.492 e. The van der Waals surface area contributed by atoms with Gasteiger partial charge in [-0.3, -0.25) is 0 Å². The maximum absolute atomic E-state index is 12.2. The second-order valence-corrected chi connectivity index (χ2v) is 14.5. The van der Waals surface area contributed by atoms with Crippen LogP contribution in [-0.2, 0) is 15.6 Å². The Labute approximate surface area is 247 Å². The third-order valence-electron chi connectivity index (χ3n) is 8.40. The van der Waals surface area contributed by atoms with Gasteiger partial charge in [-0.15, -0.1) is 0 Å². The van der Waals surface area contributed by atoms with Crippen molar-refractivity contribution in [2.24, 2.45) is 5.41 Å². The Kier molecular flexibility index (Phi) is 8.49. The highest BCUT2D eigenvalue weighted by Crippen LogP contribution is 2.48. The minimum atomic E-state index is -0.772. The van der Waals surface area contributed by atoms with Crippen LogP contribution in [0.15, 0.2) is 60.7 Å². The van der Waals surface area contributed by atoms with Crippen LogP contribution in [0.3, 0.4) is 0 Å². The van der Waals surface area contributed by atoms with Gasteiger partial charge in [-0.05, 0) is 103 Å². The lowest BCUT2D eigenvalue weighted by Crippen LogP contribution is -2.33. The molecule has 0 saturated heterocycles. The summed E-state index contributed by atoms with van der Waals surface area (Å²) in [5.74, 6) is 0.519. The van der Waals surface area contributed by atoms with Gasteiger partial charge >= 0.3 is 5.97 Å². The molecule has 1 aliphatic carbocycles. The number of fused-ring (bicyclic) bond motifs is 1. The topological polar surface area (TPSA) is 55.8 Å². The van der Waals surface area contributed by atoms with Crippen LogP contribution < -0.4 is 4.74 Å². The Bertz CT molecular complexity index is 1390. The van der Waals surface area contributed by atoms with E-state index in [0.717, 1.165) is 34.4 Å².